The van der Waals surface area contributed by atoms with E-state index < -0.39 is 11.8 Å². The van der Waals surface area contributed by atoms with E-state index in [2.05, 4.69) is 10.6 Å². The van der Waals surface area contributed by atoms with Gasteiger partial charge in [-0.25, -0.2) is 0 Å². The highest BCUT2D eigenvalue weighted by atomic mass is 16.5. The van der Waals surface area contributed by atoms with Crippen molar-refractivity contribution in [3.63, 3.8) is 0 Å². The fourth-order valence-corrected chi connectivity index (χ4v) is 1.29. The Bertz CT molecular complexity index is 420. The molecule has 0 heterocycles. The lowest BCUT2D eigenvalue weighted by atomic mass is 10.2. The van der Waals surface area contributed by atoms with Gasteiger partial charge in [-0.2, -0.15) is 0 Å². The van der Waals surface area contributed by atoms with Gasteiger partial charge in [0.25, 0.3) is 0 Å². The van der Waals surface area contributed by atoms with E-state index in [9.17, 15) is 9.59 Å². The van der Waals surface area contributed by atoms with E-state index in [0.717, 1.165) is 5.56 Å². The first kappa shape index (κ1) is 14.0. The average molecular weight is 252 g/mol. The summed E-state index contributed by atoms with van der Waals surface area (Å²) in [6, 6.07) is 7.17. The molecule has 3 N–H and O–H groups in total. The Hall–Kier alpha value is -2.08. The topological polar surface area (TPSA) is 87.7 Å². The van der Waals surface area contributed by atoms with E-state index in [1.54, 1.807) is 25.3 Å². The smallest absolute Gasteiger partial charge is 0.309 e. The number of hydrogen-bond acceptors (Lipinski definition) is 4. The molecule has 0 aromatic heterocycles. The van der Waals surface area contributed by atoms with Crippen molar-refractivity contribution >= 4 is 11.8 Å². The maximum atomic E-state index is 11.3. The second-order valence-corrected chi connectivity index (χ2v) is 3.51. The molecule has 98 valence electrons. The summed E-state index contributed by atoms with van der Waals surface area (Å²) < 4.78 is 5.04. The lowest BCUT2D eigenvalue weighted by molar-refractivity contribution is -0.139. The van der Waals surface area contributed by atoms with Gasteiger partial charge in [-0.3, -0.25) is 9.59 Å². The Kier molecular flexibility index (Phi) is 5.66. The van der Waals surface area contributed by atoms with Crippen LogP contribution in [-0.2, 0) is 16.1 Å². The first-order chi connectivity index (χ1) is 8.67. The maximum Gasteiger partial charge on any atom is 0.309 e. The third kappa shape index (κ3) is 4.42. The molecule has 0 aliphatic heterocycles. The van der Waals surface area contributed by atoms with Crippen molar-refractivity contribution in [3.8, 4) is 5.75 Å². The molecule has 18 heavy (non-hydrogen) atoms. The van der Waals surface area contributed by atoms with Crippen molar-refractivity contribution in [3.05, 3.63) is 29.8 Å². The monoisotopic (exact) mass is 252 g/mol. The maximum absolute atomic E-state index is 11.3. The lowest BCUT2D eigenvalue weighted by Gasteiger charge is -2.07. The second kappa shape index (κ2) is 7.29. The number of benzene rings is 1. The van der Waals surface area contributed by atoms with Crippen LogP contribution in [0.1, 0.15) is 5.56 Å². The molecule has 0 saturated carbocycles. The zero-order valence-corrected chi connectivity index (χ0v) is 10.1. The van der Waals surface area contributed by atoms with Gasteiger partial charge in [-0.05, 0) is 17.7 Å². The van der Waals surface area contributed by atoms with Crippen molar-refractivity contribution < 1.29 is 19.4 Å². The number of carbonyl (C=O) groups excluding carboxylic acids is 2. The zero-order chi connectivity index (χ0) is 13.4. The van der Waals surface area contributed by atoms with Gasteiger partial charge in [-0.1, -0.05) is 12.1 Å². The minimum Gasteiger partial charge on any atom is -0.497 e. The largest absolute Gasteiger partial charge is 0.497 e. The van der Waals surface area contributed by atoms with E-state index in [-0.39, 0.29) is 19.7 Å². The Labute approximate surface area is 105 Å². The van der Waals surface area contributed by atoms with Crippen LogP contribution in [0.4, 0.5) is 0 Å². The number of hydrogen-bond donors (Lipinski definition) is 3. The van der Waals surface area contributed by atoms with Gasteiger partial charge in [0.05, 0.1) is 13.7 Å². The molecule has 0 radical (unpaired) electrons. The van der Waals surface area contributed by atoms with Crippen LogP contribution >= 0.6 is 0 Å². The number of ether oxygens (including phenoxy) is 1. The summed E-state index contributed by atoms with van der Waals surface area (Å²) in [5.41, 5.74) is 0.831. The molecule has 0 saturated heterocycles. The molecule has 0 spiro atoms. The Morgan fingerprint density at radius 3 is 2.67 bits per heavy atom. The van der Waals surface area contributed by atoms with Crippen molar-refractivity contribution in [2.45, 2.75) is 6.54 Å². The summed E-state index contributed by atoms with van der Waals surface area (Å²) in [5, 5.41) is 13.2. The highest BCUT2D eigenvalue weighted by Gasteiger charge is 2.11. The molecule has 0 atom stereocenters. The molecular weight excluding hydrogens is 236 g/mol. The number of carbonyl (C=O) groups is 2. The van der Waals surface area contributed by atoms with E-state index in [0.29, 0.717) is 5.75 Å². The third-order valence-electron chi connectivity index (χ3n) is 2.19. The summed E-state index contributed by atoms with van der Waals surface area (Å²) in [4.78, 5) is 22.5. The molecule has 0 aliphatic carbocycles. The van der Waals surface area contributed by atoms with Crippen LogP contribution in [0.5, 0.6) is 5.75 Å². The van der Waals surface area contributed by atoms with Crippen molar-refractivity contribution in [1.82, 2.24) is 10.6 Å². The number of rotatable bonds is 5. The summed E-state index contributed by atoms with van der Waals surface area (Å²) in [7, 11) is 1.56. The van der Waals surface area contributed by atoms with Gasteiger partial charge in [0.2, 0.25) is 0 Å². The second-order valence-electron chi connectivity index (χ2n) is 3.51. The van der Waals surface area contributed by atoms with E-state index in [1.165, 1.54) is 0 Å². The number of methoxy groups -OCH3 is 1. The summed E-state index contributed by atoms with van der Waals surface area (Å²) in [5.74, 6) is -0.801. The summed E-state index contributed by atoms with van der Waals surface area (Å²) in [6.45, 7) is 0.100. The average Bonchev–Trinajstić information content (AvgIpc) is 2.42. The predicted molar refractivity (Wildman–Crippen MR) is 64.9 cm³/mol. The van der Waals surface area contributed by atoms with Crippen molar-refractivity contribution in [2.24, 2.45) is 0 Å². The van der Waals surface area contributed by atoms with Gasteiger partial charge in [-0.15, -0.1) is 0 Å². The molecule has 1 aromatic rings. The van der Waals surface area contributed by atoms with Crippen molar-refractivity contribution in [1.29, 1.82) is 0 Å². The Balaban J connectivity index is 2.44. The van der Waals surface area contributed by atoms with Crippen molar-refractivity contribution in [2.75, 3.05) is 20.3 Å². The fraction of sp³-hybridized carbons (Fsp3) is 0.333. The van der Waals surface area contributed by atoms with Crippen LogP contribution in [0.15, 0.2) is 24.3 Å². The minimum absolute atomic E-state index is 0.0609. The van der Waals surface area contributed by atoms with Crippen LogP contribution in [0.25, 0.3) is 0 Å². The molecule has 0 aliphatic rings. The molecule has 1 rings (SSSR count). The third-order valence-corrected chi connectivity index (χ3v) is 2.19. The fourth-order valence-electron chi connectivity index (χ4n) is 1.29. The van der Waals surface area contributed by atoms with E-state index in [1.807, 2.05) is 6.07 Å². The van der Waals surface area contributed by atoms with Crippen LogP contribution in [0.3, 0.4) is 0 Å². The first-order valence-electron chi connectivity index (χ1n) is 5.47. The highest BCUT2D eigenvalue weighted by molar-refractivity contribution is 6.35. The summed E-state index contributed by atoms with van der Waals surface area (Å²) in [6.07, 6.45) is 0. The van der Waals surface area contributed by atoms with Crippen LogP contribution < -0.4 is 15.4 Å². The normalized spacial score (nSPS) is 9.67. The predicted octanol–water partition coefficient (Wildman–Crippen LogP) is -0.580. The van der Waals surface area contributed by atoms with Gasteiger partial charge in [0.1, 0.15) is 5.75 Å². The number of amides is 2. The van der Waals surface area contributed by atoms with Gasteiger partial charge in [0.15, 0.2) is 0 Å². The molecule has 0 fully saturated rings. The quantitative estimate of drug-likeness (QED) is 0.612. The number of aliphatic hydroxyl groups excluding tert-OH is 1. The molecule has 0 unspecified atom stereocenters. The molecule has 1 aromatic carbocycles. The SMILES string of the molecule is COc1cccc(CNC(=O)C(=O)NCCO)c1. The van der Waals surface area contributed by atoms with Gasteiger partial charge < -0.3 is 20.5 Å². The first-order valence-corrected chi connectivity index (χ1v) is 5.47. The molecule has 6 heteroatoms. The van der Waals surface area contributed by atoms with E-state index in [4.69, 9.17) is 9.84 Å². The highest BCUT2D eigenvalue weighted by Crippen LogP contribution is 2.11. The van der Waals surface area contributed by atoms with Crippen LogP contribution in [-0.4, -0.2) is 37.2 Å². The molecule has 0 bridgehead atoms. The Morgan fingerprint density at radius 2 is 2.00 bits per heavy atom. The standard InChI is InChI=1S/C12H16N2O4/c1-18-10-4-2-3-9(7-10)8-14-12(17)11(16)13-5-6-15/h2-4,7,15H,5-6,8H2,1H3,(H,13,16)(H,14,17). The van der Waals surface area contributed by atoms with Crippen LogP contribution in [0, 0.1) is 0 Å². The number of nitrogens with one attached hydrogen (secondary N) is 2. The van der Waals surface area contributed by atoms with Gasteiger partial charge in [0, 0.05) is 13.1 Å². The van der Waals surface area contributed by atoms with E-state index >= 15 is 0 Å². The Morgan fingerprint density at radius 1 is 1.28 bits per heavy atom. The molecular formula is C12H16N2O4. The van der Waals surface area contributed by atoms with Crippen LogP contribution in [0.2, 0.25) is 0 Å². The number of aliphatic hydroxyl groups is 1. The molecule has 6 nitrogen and oxygen atoms in total. The summed E-state index contributed by atoms with van der Waals surface area (Å²) >= 11 is 0. The molecule has 2 amide bonds. The zero-order valence-electron chi connectivity index (χ0n) is 10.1. The van der Waals surface area contributed by atoms with Gasteiger partial charge >= 0.3 is 11.8 Å². The minimum atomic E-state index is -0.757. The lowest BCUT2D eigenvalue weighted by Crippen LogP contribution is -2.40.